The van der Waals surface area contributed by atoms with Crippen LogP contribution < -0.4 is 11.5 Å². The van der Waals surface area contributed by atoms with E-state index >= 15 is 0 Å². The third kappa shape index (κ3) is 16.6. The van der Waals surface area contributed by atoms with Gasteiger partial charge >= 0.3 is 0 Å². The Labute approximate surface area is 133 Å². The van der Waals surface area contributed by atoms with Crippen molar-refractivity contribution in [3.05, 3.63) is 0 Å². The van der Waals surface area contributed by atoms with Gasteiger partial charge in [0.1, 0.15) is 0 Å². The minimum absolute atomic E-state index is 0. The monoisotopic (exact) mass is 408 g/mol. The van der Waals surface area contributed by atoms with Crippen molar-refractivity contribution in [1.29, 1.82) is 0 Å². The Hall–Kier alpha value is 0.600. The molecule has 0 aromatic rings. The van der Waals surface area contributed by atoms with Gasteiger partial charge in [-0.1, -0.05) is 29.9 Å². The molecule has 0 atom stereocenters. The van der Waals surface area contributed by atoms with Crippen LogP contribution in [0.3, 0.4) is 0 Å². The summed E-state index contributed by atoms with van der Waals surface area (Å²) < 4.78 is 0. The second-order valence-corrected chi connectivity index (χ2v) is 5.11. The van der Waals surface area contributed by atoms with E-state index in [0.29, 0.717) is 10.3 Å². The smallest absolute Gasteiger partial charge is 0.153 e. The largest absolute Gasteiger partial charge is 0.379 e. The Kier molecular flexibility index (Phi) is 22.2. The average Bonchev–Trinajstić information content (AvgIpc) is 2.26. The quantitative estimate of drug-likeness (QED) is 0.401. The first kappa shape index (κ1) is 22.8. The van der Waals surface area contributed by atoms with Gasteiger partial charge in [0.25, 0.3) is 0 Å². The number of hydrogen-bond acceptors (Lipinski definition) is 4. The summed E-state index contributed by atoms with van der Waals surface area (Å²) in [5.41, 5.74) is 11.1. The molecule has 0 radical (unpaired) electrons. The Morgan fingerprint density at radius 2 is 1.18 bits per heavy atom. The third-order valence-corrected chi connectivity index (χ3v) is 3.67. The highest BCUT2D eigenvalue weighted by molar-refractivity contribution is 8.93. The van der Waals surface area contributed by atoms with Crippen LogP contribution in [0.4, 0.5) is 0 Å². The number of unbranched alkanes of at least 4 members (excludes halogenated alkanes) is 2. The van der Waals surface area contributed by atoms with Crippen molar-refractivity contribution in [2.75, 3.05) is 25.6 Å². The zero-order valence-corrected chi connectivity index (χ0v) is 15.3. The first-order valence-corrected chi connectivity index (χ1v) is 6.88. The molecule has 0 saturated heterocycles. The number of amidine groups is 2. The normalized spacial score (nSPS) is 11.6. The Morgan fingerprint density at radius 3 is 1.47 bits per heavy atom. The summed E-state index contributed by atoms with van der Waals surface area (Å²) in [6.45, 7) is 0. The van der Waals surface area contributed by atoms with Gasteiger partial charge in [-0.3, -0.25) is 9.98 Å². The van der Waals surface area contributed by atoms with Crippen LogP contribution in [0.2, 0.25) is 0 Å². The zero-order chi connectivity index (χ0) is 11.5. The van der Waals surface area contributed by atoms with Gasteiger partial charge in [0.15, 0.2) is 10.3 Å². The number of halogens is 2. The Bertz CT molecular complexity index is 203. The lowest BCUT2D eigenvalue weighted by Crippen LogP contribution is -2.07. The fraction of sp³-hybridized carbons (Fsp3) is 0.778. The molecule has 0 amide bonds. The van der Waals surface area contributed by atoms with Crippen LogP contribution in [-0.2, 0) is 0 Å². The first-order chi connectivity index (χ1) is 7.20. The lowest BCUT2D eigenvalue weighted by molar-refractivity contribution is 0.787. The highest BCUT2D eigenvalue weighted by Gasteiger charge is 1.95. The first-order valence-electron chi connectivity index (χ1n) is 4.90. The van der Waals surface area contributed by atoms with E-state index in [0.717, 1.165) is 11.5 Å². The molecule has 0 aliphatic rings. The summed E-state index contributed by atoms with van der Waals surface area (Å²) in [5.74, 6) is 2.09. The molecular formula is C9H22Br2N4S2. The summed E-state index contributed by atoms with van der Waals surface area (Å²) in [7, 11) is 3.43. The van der Waals surface area contributed by atoms with Crippen LogP contribution in [0.5, 0.6) is 0 Å². The van der Waals surface area contributed by atoms with Gasteiger partial charge in [-0.05, 0) is 12.8 Å². The number of hydrogen-bond donors (Lipinski definition) is 2. The minimum Gasteiger partial charge on any atom is -0.379 e. The molecular weight excluding hydrogens is 388 g/mol. The van der Waals surface area contributed by atoms with E-state index in [1.807, 2.05) is 0 Å². The van der Waals surface area contributed by atoms with E-state index in [2.05, 4.69) is 9.98 Å². The third-order valence-electron chi connectivity index (χ3n) is 1.73. The molecule has 0 bridgehead atoms. The van der Waals surface area contributed by atoms with E-state index in [1.54, 1.807) is 37.6 Å². The Balaban J connectivity index is -0.000000980. The minimum atomic E-state index is 0. The van der Waals surface area contributed by atoms with E-state index < -0.39 is 0 Å². The second kappa shape index (κ2) is 16.6. The molecule has 0 rings (SSSR count). The molecule has 4 nitrogen and oxygen atoms in total. The van der Waals surface area contributed by atoms with E-state index in [-0.39, 0.29) is 34.0 Å². The van der Waals surface area contributed by atoms with Crippen molar-refractivity contribution in [2.24, 2.45) is 21.5 Å². The van der Waals surface area contributed by atoms with Crippen LogP contribution in [-0.4, -0.2) is 35.9 Å². The molecule has 0 saturated carbocycles. The fourth-order valence-corrected chi connectivity index (χ4v) is 2.24. The second-order valence-electron chi connectivity index (χ2n) is 2.88. The standard InChI is InChI=1S/C9H20N4S2.2BrH/c1-12-8(10)14-6-4-3-5-7-15-9(11)13-2;;/h3-7H2,1-2H3,(H2,10,12)(H2,11,13);2*1H. The van der Waals surface area contributed by atoms with Gasteiger partial charge in [-0.25, -0.2) is 0 Å². The lowest BCUT2D eigenvalue weighted by Gasteiger charge is -2.01. The van der Waals surface area contributed by atoms with E-state index in [1.165, 1.54) is 19.3 Å². The predicted octanol–water partition coefficient (Wildman–Crippen LogP) is 2.67. The zero-order valence-electron chi connectivity index (χ0n) is 10.2. The molecule has 4 N–H and O–H groups in total. The van der Waals surface area contributed by atoms with Crippen molar-refractivity contribution in [2.45, 2.75) is 19.3 Å². The van der Waals surface area contributed by atoms with Gasteiger partial charge < -0.3 is 11.5 Å². The van der Waals surface area contributed by atoms with E-state index in [9.17, 15) is 0 Å². The van der Waals surface area contributed by atoms with Crippen LogP contribution in [0.15, 0.2) is 9.98 Å². The van der Waals surface area contributed by atoms with Crippen molar-refractivity contribution in [1.82, 2.24) is 0 Å². The fourth-order valence-electron chi connectivity index (χ4n) is 0.863. The summed E-state index contributed by atoms with van der Waals surface area (Å²) in [4.78, 5) is 7.76. The van der Waals surface area contributed by atoms with E-state index in [4.69, 9.17) is 11.5 Å². The molecule has 8 heteroatoms. The topological polar surface area (TPSA) is 76.8 Å². The SMILES string of the molecule is Br.Br.CN=C(N)SCCCCCSC(N)=NC. The maximum absolute atomic E-state index is 5.55. The lowest BCUT2D eigenvalue weighted by atomic mass is 10.3. The van der Waals surface area contributed by atoms with Crippen molar-refractivity contribution < 1.29 is 0 Å². The summed E-state index contributed by atoms with van der Waals surface area (Å²) in [5, 5.41) is 1.35. The van der Waals surface area contributed by atoms with Crippen LogP contribution in [0, 0.1) is 0 Å². The summed E-state index contributed by atoms with van der Waals surface area (Å²) >= 11 is 3.24. The van der Waals surface area contributed by atoms with Gasteiger partial charge in [-0.2, -0.15) is 0 Å². The molecule has 0 aliphatic carbocycles. The van der Waals surface area contributed by atoms with Gasteiger partial charge in [0.05, 0.1) is 0 Å². The Morgan fingerprint density at radius 1 is 0.824 bits per heavy atom. The maximum Gasteiger partial charge on any atom is 0.153 e. The van der Waals surface area contributed by atoms with Crippen LogP contribution >= 0.6 is 57.5 Å². The van der Waals surface area contributed by atoms with Gasteiger partial charge in [0, 0.05) is 25.6 Å². The number of rotatable bonds is 6. The number of thioether (sulfide) groups is 2. The van der Waals surface area contributed by atoms with Crippen molar-refractivity contribution in [3.8, 4) is 0 Å². The van der Waals surface area contributed by atoms with Gasteiger partial charge in [0.2, 0.25) is 0 Å². The van der Waals surface area contributed by atoms with Crippen LogP contribution in [0.1, 0.15) is 19.3 Å². The molecule has 0 aromatic heterocycles. The summed E-state index contributed by atoms with van der Waals surface area (Å²) in [6.07, 6.45) is 3.54. The molecule has 0 heterocycles. The summed E-state index contributed by atoms with van der Waals surface area (Å²) in [6, 6.07) is 0. The predicted molar refractivity (Wildman–Crippen MR) is 94.5 cm³/mol. The molecule has 0 spiro atoms. The maximum atomic E-state index is 5.55. The molecule has 0 aliphatic heterocycles. The molecule has 17 heavy (non-hydrogen) atoms. The van der Waals surface area contributed by atoms with Crippen molar-refractivity contribution in [3.63, 3.8) is 0 Å². The highest BCUT2D eigenvalue weighted by atomic mass is 79.9. The van der Waals surface area contributed by atoms with Crippen molar-refractivity contribution >= 4 is 67.8 Å². The average molecular weight is 410 g/mol. The van der Waals surface area contributed by atoms with Gasteiger partial charge in [-0.15, -0.1) is 34.0 Å². The molecule has 0 aromatic carbocycles. The van der Waals surface area contributed by atoms with Crippen LogP contribution in [0.25, 0.3) is 0 Å². The number of nitrogens with zero attached hydrogens (tertiary/aromatic N) is 2. The molecule has 0 unspecified atom stereocenters. The number of nitrogens with two attached hydrogens (primary N) is 2. The number of aliphatic imine (C=N–C) groups is 2. The molecule has 104 valence electrons. The highest BCUT2D eigenvalue weighted by Crippen LogP contribution is 2.09. The molecule has 0 fully saturated rings.